The van der Waals surface area contributed by atoms with E-state index in [1.54, 1.807) is 36.4 Å². The zero-order valence-electron chi connectivity index (χ0n) is 15.5. The predicted molar refractivity (Wildman–Crippen MR) is 119 cm³/mol. The van der Waals surface area contributed by atoms with Crippen molar-refractivity contribution in [1.82, 2.24) is 0 Å². The van der Waals surface area contributed by atoms with Crippen LogP contribution in [0.2, 0.25) is 0 Å². The summed E-state index contributed by atoms with van der Waals surface area (Å²) in [6.45, 7) is 0. The molecule has 142 valence electrons. The quantitative estimate of drug-likeness (QED) is 0.438. The van der Waals surface area contributed by atoms with Gasteiger partial charge in [0.2, 0.25) is 0 Å². The van der Waals surface area contributed by atoms with Gasteiger partial charge in [0.25, 0.3) is 11.8 Å². The second-order valence-electron chi connectivity index (χ2n) is 6.38. The van der Waals surface area contributed by atoms with Crippen LogP contribution < -0.4 is 10.6 Å². The van der Waals surface area contributed by atoms with Gasteiger partial charge in [0.05, 0.1) is 4.88 Å². The van der Waals surface area contributed by atoms with Crippen LogP contribution in [0, 0.1) is 0 Å². The van der Waals surface area contributed by atoms with Crippen molar-refractivity contribution in [2.75, 3.05) is 10.6 Å². The Morgan fingerprint density at radius 1 is 0.655 bits per heavy atom. The molecule has 2 amide bonds. The van der Waals surface area contributed by atoms with Crippen molar-refractivity contribution in [3.63, 3.8) is 0 Å². The first-order valence-corrected chi connectivity index (χ1v) is 9.99. The third-order valence-corrected chi connectivity index (χ3v) is 5.25. The molecule has 1 heterocycles. The van der Waals surface area contributed by atoms with Gasteiger partial charge in [-0.2, -0.15) is 0 Å². The van der Waals surface area contributed by atoms with E-state index in [1.807, 2.05) is 60.0 Å². The summed E-state index contributed by atoms with van der Waals surface area (Å²) in [5, 5.41) is 7.64. The maximum atomic E-state index is 12.9. The van der Waals surface area contributed by atoms with E-state index < -0.39 is 0 Å². The van der Waals surface area contributed by atoms with E-state index in [2.05, 4.69) is 10.6 Å². The Bertz CT molecular complexity index is 1140. The summed E-state index contributed by atoms with van der Waals surface area (Å²) < 4.78 is 0. The Morgan fingerprint density at radius 3 is 2.07 bits per heavy atom. The summed E-state index contributed by atoms with van der Waals surface area (Å²) >= 11 is 1.38. The molecular formula is C24H18N2O2S. The molecule has 0 aliphatic rings. The smallest absolute Gasteiger partial charge is 0.265 e. The van der Waals surface area contributed by atoms with Crippen molar-refractivity contribution in [1.29, 1.82) is 0 Å². The number of nitrogens with one attached hydrogen (secondary N) is 2. The minimum atomic E-state index is -0.203. The van der Waals surface area contributed by atoms with Crippen molar-refractivity contribution >= 4 is 34.5 Å². The van der Waals surface area contributed by atoms with E-state index in [0.717, 1.165) is 11.1 Å². The number of hydrogen-bond acceptors (Lipinski definition) is 3. The molecule has 0 aliphatic heterocycles. The summed E-state index contributed by atoms with van der Waals surface area (Å²) in [6, 6.07) is 28.0. The van der Waals surface area contributed by atoms with Crippen molar-refractivity contribution < 1.29 is 9.59 Å². The lowest BCUT2D eigenvalue weighted by Crippen LogP contribution is -2.14. The number of hydrogen-bond donors (Lipinski definition) is 2. The Balaban J connectivity index is 1.53. The molecule has 0 unspecified atom stereocenters. The van der Waals surface area contributed by atoms with Gasteiger partial charge in [-0.3, -0.25) is 9.59 Å². The predicted octanol–water partition coefficient (Wildman–Crippen LogP) is 5.92. The van der Waals surface area contributed by atoms with Gasteiger partial charge in [-0.1, -0.05) is 60.7 Å². The Hall–Kier alpha value is -3.70. The number of amides is 2. The third-order valence-electron chi connectivity index (χ3n) is 4.38. The average molecular weight is 398 g/mol. The summed E-state index contributed by atoms with van der Waals surface area (Å²) in [5.41, 5.74) is 3.68. The highest BCUT2D eigenvalue weighted by molar-refractivity contribution is 7.12. The fraction of sp³-hybridized carbons (Fsp3) is 0. The Morgan fingerprint density at radius 2 is 1.34 bits per heavy atom. The standard InChI is InChI=1S/C24H18N2O2S/c27-23(21-13-5-4-12-20(21)17-8-2-1-3-9-17)25-18-10-6-11-19(16-18)26-24(28)22-14-7-15-29-22/h1-16H,(H,25,27)(H,26,28). The largest absolute Gasteiger partial charge is 0.322 e. The molecule has 4 aromatic rings. The number of carbonyl (C=O) groups excluding carboxylic acids is 2. The second kappa shape index (κ2) is 8.54. The summed E-state index contributed by atoms with van der Waals surface area (Å²) in [4.78, 5) is 25.8. The maximum Gasteiger partial charge on any atom is 0.265 e. The highest BCUT2D eigenvalue weighted by Crippen LogP contribution is 2.25. The molecule has 29 heavy (non-hydrogen) atoms. The lowest BCUT2D eigenvalue weighted by Gasteiger charge is -2.11. The van der Waals surface area contributed by atoms with E-state index in [9.17, 15) is 9.59 Å². The van der Waals surface area contributed by atoms with Crippen LogP contribution in [-0.2, 0) is 0 Å². The first-order chi connectivity index (χ1) is 14.2. The lowest BCUT2D eigenvalue weighted by molar-refractivity contribution is 0.102. The van der Waals surface area contributed by atoms with Gasteiger partial charge in [-0.05, 0) is 46.8 Å². The molecule has 0 atom stereocenters. The first kappa shape index (κ1) is 18.7. The molecule has 2 N–H and O–H groups in total. The molecule has 1 aromatic heterocycles. The fourth-order valence-corrected chi connectivity index (χ4v) is 3.64. The number of benzene rings is 3. The van der Waals surface area contributed by atoms with Crippen LogP contribution in [0.25, 0.3) is 11.1 Å². The zero-order chi connectivity index (χ0) is 20.1. The molecule has 0 fully saturated rings. The van der Waals surface area contributed by atoms with Crippen LogP contribution in [0.4, 0.5) is 11.4 Å². The SMILES string of the molecule is O=C(Nc1cccc(NC(=O)c2ccccc2-c2ccccc2)c1)c1cccs1. The van der Waals surface area contributed by atoms with Gasteiger partial charge in [-0.15, -0.1) is 11.3 Å². The molecular weight excluding hydrogens is 380 g/mol. The number of thiophene rings is 1. The summed E-state index contributed by atoms with van der Waals surface area (Å²) in [5.74, 6) is -0.371. The van der Waals surface area contributed by atoms with E-state index >= 15 is 0 Å². The minimum Gasteiger partial charge on any atom is -0.322 e. The summed E-state index contributed by atoms with van der Waals surface area (Å²) in [6.07, 6.45) is 0. The molecule has 0 radical (unpaired) electrons. The second-order valence-corrected chi connectivity index (χ2v) is 7.33. The van der Waals surface area contributed by atoms with Crippen LogP contribution in [0.15, 0.2) is 96.4 Å². The molecule has 4 nitrogen and oxygen atoms in total. The van der Waals surface area contributed by atoms with Crippen LogP contribution in [0.1, 0.15) is 20.0 Å². The first-order valence-electron chi connectivity index (χ1n) is 9.11. The molecule has 0 spiro atoms. The lowest BCUT2D eigenvalue weighted by atomic mass is 9.99. The number of anilines is 2. The van der Waals surface area contributed by atoms with Crippen LogP contribution in [0.5, 0.6) is 0 Å². The normalized spacial score (nSPS) is 10.3. The number of rotatable bonds is 5. The third kappa shape index (κ3) is 4.42. The Kier molecular flexibility index (Phi) is 5.49. The van der Waals surface area contributed by atoms with E-state index in [-0.39, 0.29) is 11.8 Å². The molecule has 0 bridgehead atoms. The van der Waals surface area contributed by atoms with Crippen LogP contribution >= 0.6 is 11.3 Å². The van der Waals surface area contributed by atoms with Crippen molar-refractivity contribution in [2.45, 2.75) is 0 Å². The topological polar surface area (TPSA) is 58.2 Å². The van der Waals surface area contributed by atoms with Gasteiger partial charge in [0.1, 0.15) is 0 Å². The van der Waals surface area contributed by atoms with Gasteiger partial charge in [0.15, 0.2) is 0 Å². The monoisotopic (exact) mass is 398 g/mol. The van der Waals surface area contributed by atoms with Gasteiger partial charge in [0, 0.05) is 16.9 Å². The fourth-order valence-electron chi connectivity index (χ4n) is 3.02. The molecule has 3 aromatic carbocycles. The maximum absolute atomic E-state index is 12.9. The van der Waals surface area contributed by atoms with E-state index in [0.29, 0.717) is 21.8 Å². The van der Waals surface area contributed by atoms with Crippen molar-refractivity contribution in [3.8, 4) is 11.1 Å². The highest BCUT2D eigenvalue weighted by Gasteiger charge is 2.13. The summed E-state index contributed by atoms with van der Waals surface area (Å²) in [7, 11) is 0. The van der Waals surface area contributed by atoms with Gasteiger partial charge >= 0.3 is 0 Å². The number of carbonyl (C=O) groups is 2. The molecule has 0 saturated carbocycles. The van der Waals surface area contributed by atoms with E-state index in [1.165, 1.54) is 11.3 Å². The van der Waals surface area contributed by atoms with Crippen molar-refractivity contribution in [2.24, 2.45) is 0 Å². The highest BCUT2D eigenvalue weighted by atomic mass is 32.1. The minimum absolute atomic E-state index is 0.169. The van der Waals surface area contributed by atoms with Gasteiger partial charge < -0.3 is 10.6 Å². The van der Waals surface area contributed by atoms with Crippen LogP contribution in [0.3, 0.4) is 0 Å². The zero-order valence-corrected chi connectivity index (χ0v) is 16.3. The molecule has 0 saturated heterocycles. The molecule has 0 aliphatic carbocycles. The van der Waals surface area contributed by atoms with Gasteiger partial charge in [-0.25, -0.2) is 0 Å². The average Bonchev–Trinajstić information content (AvgIpc) is 3.30. The van der Waals surface area contributed by atoms with E-state index in [4.69, 9.17) is 0 Å². The van der Waals surface area contributed by atoms with Crippen molar-refractivity contribution in [3.05, 3.63) is 107 Å². The molecule has 4 rings (SSSR count). The van der Waals surface area contributed by atoms with Crippen LogP contribution in [-0.4, -0.2) is 11.8 Å². The Labute approximate surface area is 172 Å². The molecule has 5 heteroatoms.